The topological polar surface area (TPSA) is 88.1 Å². The van der Waals surface area contributed by atoms with E-state index in [1.165, 1.54) is 0 Å². The maximum Gasteiger partial charge on any atom is 0.311 e. The number of esters is 3. The van der Waals surface area contributed by atoms with E-state index in [4.69, 9.17) is 18.9 Å². The summed E-state index contributed by atoms with van der Waals surface area (Å²) in [5.74, 6) is -1.21. The molecule has 0 aliphatic heterocycles. The van der Waals surface area contributed by atoms with Crippen LogP contribution in [0.3, 0.4) is 0 Å². The molecule has 0 radical (unpaired) electrons. The van der Waals surface area contributed by atoms with Crippen LogP contribution in [0, 0.1) is 10.8 Å². The maximum atomic E-state index is 11.8. The normalized spacial score (nSPS) is 12.0. The van der Waals surface area contributed by atoms with Crippen LogP contribution in [0.25, 0.3) is 0 Å². The summed E-state index contributed by atoms with van der Waals surface area (Å²) in [6.07, 6.45) is -0.487. The molecule has 0 aromatic carbocycles. The third kappa shape index (κ3) is 9.50. The van der Waals surface area contributed by atoms with Crippen molar-refractivity contribution < 1.29 is 33.3 Å². The van der Waals surface area contributed by atoms with Gasteiger partial charge in [0.05, 0.1) is 10.8 Å². The molecule has 0 heterocycles. The van der Waals surface area contributed by atoms with E-state index < -0.39 is 34.8 Å². The Labute approximate surface area is 144 Å². The number of carbonyl (C=O) groups excluding carboxylic acids is 3. The first-order valence-corrected chi connectivity index (χ1v) is 7.99. The van der Waals surface area contributed by atoms with Crippen LogP contribution in [0.2, 0.25) is 0 Å². The fourth-order valence-electron chi connectivity index (χ4n) is 1.21. The van der Waals surface area contributed by atoms with Gasteiger partial charge in [-0.15, -0.1) is 0 Å². The lowest BCUT2D eigenvalue weighted by atomic mass is 9.97. The Balaban J connectivity index is 4.56. The smallest absolute Gasteiger partial charge is 0.311 e. The molecule has 7 heteroatoms. The third-order valence-electron chi connectivity index (χ3n) is 2.84. The molecule has 24 heavy (non-hydrogen) atoms. The van der Waals surface area contributed by atoms with E-state index in [2.05, 4.69) is 0 Å². The Hall–Kier alpha value is -1.63. The number of hydrogen-bond donors (Lipinski definition) is 0. The van der Waals surface area contributed by atoms with Crippen LogP contribution in [-0.4, -0.2) is 44.0 Å². The second-order valence-electron chi connectivity index (χ2n) is 7.47. The Morgan fingerprint density at radius 2 is 1.21 bits per heavy atom. The highest BCUT2D eigenvalue weighted by Gasteiger charge is 2.27. The lowest BCUT2D eigenvalue weighted by molar-refractivity contribution is -0.179. The van der Waals surface area contributed by atoms with E-state index >= 15 is 0 Å². The highest BCUT2D eigenvalue weighted by Crippen LogP contribution is 2.17. The zero-order valence-corrected chi connectivity index (χ0v) is 15.8. The average molecular weight is 346 g/mol. The monoisotopic (exact) mass is 346 g/mol. The fraction of sp³-hybridized carbons (Fsp3) is 0.824. The van der Waals surface area contributed by atoms with Crippen LogP contribution in [0.5, 0.6) is 0 Å². The highest BCUT2D eigenvalue weighted by molar-refractivity contribution is 5.76. The lowest BCUT2D eigenvalue weighted by Gasteiger charge is -2.23. The summed E-state index contributed by atoms with van der Waals surface area (Å²) in [5, 5.41) is 0. The zero-order chi connectivity index (χ0) is 19.0. The van der Waals surface area contributed by atoms with Crippen molar-refractivity contribution in [3.8, 4) is 0 Å². The van der Waals surface area contributed by atoms with Crippen molar-refractivity contribution in [3.05, 3.63) is 0 Å². The SMILES string of the molecule is CCC(=O)OCOC(COC(=O)C(C)(C)C)COC(=O)C(C)(C)C. The molecule has 0 saturated carbocycles. The van der Waals surface area contributed by atoms with Gasteiger partial charge in [-0.1, -0.05) is 6.92 Å². The van der Waals surface area contributed by atoms with Crippen molar-refractivity contribution in [2.75, 3.05) is 20.0 Å². The van der Waals surface area contributed by atoms with E-state index in [9.17, 15) is 14.4 Å². The summed E-state index contributed by atoms with van der Waals surface area (Å²) in [5.41, 5.74) is -1.30. The van der Waals surface area contributed by atoms with Gasteiger partial charge in [0, 0.05) is 6.42 Å². The molecule has 0 atom stereocenters. The van der Waals surface area contributed by atoms with Crippen LogP contribution in [0.15, 0.2) is 0 Å². The van der Waals surface area contributed by atoms with Crippen LogP contribution in [0.1, 0.15) is 54.9 Å². The van der Waals surface area contributed by atoms with Gasteiger partial charge in [-0.2, -0.15) is 0 Å². The second kappa shape index (κ2) is 9.61. The summed E-state index contributed by atoms with van der Waals surface area (Å²) in [6.45, 7) is 11.5. The molecular formula is C17H30O7. The van der Waals surface area contributed by atoms with Gasteiger partial charge in [0.15, 0.2) is 6.79 Å². The molecule has 0 spiro atoms. The van der Waals surface area contributed by atoms with E-state index in [0.717, 1.165) is 0 Å². The predicted molar refractivity (Wildman–Crippen MR) is 87.0 cm³/mol. The largest absolute Gasteiger partial charge is 0.462 e. The standard InChI is InChI=1S/C17H30O7/c1-8-13(18)24-11-23-12(9-21-14(19)16(2,3)4)10-22-15(20)17(5,6)7/h12H,8-11H2,1-7H3. The van der Waals surface area contributed by atoms with Crippen LogP contribution < -0.4 is 0 Å². The molecule has 0 rings (SSSR count). The van der Waals surface area contributed by atoms with Gasteiger partial charge < -0.3 is 18.9 Å². The Morgan fingerprint density at radius 3 is 1.54 bits per heavy atom. The molecule has 0 fully saturated rings. The molecule has 0 bridgehead atoms. The van der Waals surface area contributed by atoms with Crippen molar-refractivity contribution in [1.82, 2.24) is 0 Å². The predicted octanol–water partition coefficient (Wildman–Crippen LogP) is 2.46. The minimum Gasteiger partial charge on any atom is -0.462 e. The Morgan fingerprint density at radius 1 is 0.792 bits per heavy atom. The second-order valence-corrected chi connectivity index (χ2v) is 7.47. The molecule has 0 saturated heterocycles. The minimum absolute atomic E-state index is 0.1000. The molecule has 0 unspecified atom stereocenters. The van der Waals surface area contributed by atoms with Crippen LogP contribution >= 0.6 is 0 Å². The number of carbonyl (C=O) groups is 3. The Bertz CT molecular complexity index is 399. The number of rotatable bonds is 8. The third-order valence-corrected chi connectivity index (χ3v) is 2.84. The van der Waals surface area contributed by atoms with E-state index in [1.807, 2.05) is 0 Å². The molecule has 0 aromatic rings. The summed E-state index contributed by atoms with van der Waals surface area (Å²) < 4.78 is 20.5. The molecule has 0 aliphatic rings. The first-order valence-electron chi connectivity index (χ1n) is 7.99. The van der Waals surface area contributed by atoms with Crippen LogP contribution in [0.4, 0.5) is 0 Å². The molecule has 140 valence electrons. The summed E-state index contributed by atoms with van der Waals surface area (Å²) in [7, 11) is 0. The van der Waals surface area contributed by atoms with Crippen molar-refractivity contribution >= 4 is 17.9 Å². The molecule has 0 aromatic heterocycles. The number of hydrogen-bond acceptors (Lipinski definition) is 7. The number of ether oxygens (including phenoxy) is 4. The lowest BCUT2D eigenvalue weighted by Crippen LogP contribution is -2.34. The van der Waals surface area contributed by atoms with E-state index in [-0.39, 0.29) is 26.4 Å². The first-order chi connectivity index (χ1) is 10.9. The van der Waals surface area contributed by atoms with Gasteiger partial charge >= 0.3 is 17.9 Å². The first kappa shape index (κ1) is 22.4. The average Bonchev–Trinajstić information content (AvgIpc) is 2.46. The van der Waals surface area contributed by atoms with Gasteiger partial charge in [0.2, 0.25) is 0 Å². The van der Waals surface area contributed by atoms with Gasteiger partial charge in [-0.05, 0) is 41.5 Å². The molecule has 0 N–H and O–H groups in total. The van der Waals surface area contributed by atoms with Gasteiger partial charge in [0.1, 0.15) is 19.3 Å². The van der Waals surface area contributed by atoms with Crippen molar-refractivity contribution in [3.63, 3.8) is 0 Å². The fourth-order valence-corrected chi connectivity index (χ4v) is 1.21. The molecule has 7 nitrogen and oxygen atoms in total. The van der Waals surface area contributed by atoms with E-state index in [1.54, 1.807) is 48.5 Å². The van der Waals surface area contributed by atoms with Crippen molar-refractivity contribution in [2.45, 2.75) is 61.0 Å². The van der Waals surface area contributed by atoms with Gasteiger partial charge in [-0.25, -0.2) is 0 Å². The summed E-state index contributed by atoms with van der Waals surface area (Å²) >= 11 is 0. The summed E-state index contributed by atoms with van der Waals surface area (Å²) in [6, 6.07) is 0. The zero-order valence-electron chi connectivity index (χ0n) is 15.8. The summed E-state index contributed by atoms with van der Waals surface area (Å²) in [4.78, 5) is 34.8. The van der Waals surface area contributed by atoms with E-state index in [0.29, 0.717) is 0 Å². The highest BCUT2D eigenvalue weighted by atomic mass is 16.7. The quantitative estimate of drug-likeness (QED) is 0.379. The molecule has 0 amide bonds. The van der Waals surface area contributed by atoms with Gasteiger partial charge in [0.25, 0.3) is 0 Å². The molecule has 0 aliphatic carbocycles. The van der Waals surface area contributed by atoms with Gasteiger partial charge in [-0.3, -0.25) is 14.4 Å². The van der Waals surface area contributed by atoms with Crippen LogP contribution in [-0.2, 0) is 33.3 Å². The molecular weight excluding hydrogens is 316 g/mol. The Kier molecular flexibility index (Phi) is 8.96. The van der Waals surface area contributed by atoms with Crippen molar-refractivity contribution in [2.24, 2.45) is 10.8 Å². The maximum absolute atomic E-state index is 11.8. The minimum atomic E-state index is -0.716. The van der Waals surface area contributed by atoms with Crippen molar-refractivity contribution in [1.29, 1.82) is 0 Å².